The number of nitrogens with zero attached hydrogens (tertiary/aromatic N) is 2. The molecule has 0 unspecified atom stereocenters. The number of pyridine rings is 1. The summed E-state index contributed by atoms with van der Waals surface area (Å²) >= 11 is 0. The molecule has 1 amide bonds. The highest BCUT2D eigenvalue weighted by molar-refractivity contribution is 7.92. The summed E-state index contributed by atoms with van der Waals surface area (Å²) in [4.78, 5) is 18.8. The predicted molar refractivity (Wildman–Crippen MR) is 115 cm³/mol. The van der Waals surface area contributed by atoms with Crippen molar-refractivity contribution in [3.05, 3.63) is 59.3 Å². The van der Waals surface area contributed by atoms with Crippen molar-refractivity contribution in [1.29, 1.82) is 0 Å². The highest BCUT2D eigenvalue weighted by atomic mass is 32.2. The van der Waals surface area contributed by atoms with E-state index in [9.17, 15) is 13.2 Å². The first-order chi connectivity index (χ1) is 14.0. The zero-order chi connectivity index (χ0) is 20.7. The standard InChI is InChI=1S/C22H29N3O3S/c1-2-3-6-13-29(27,28)17-22(26)24-15-18-9-10-21(23-14-18)25-12-11-19-7-4-5-8-20(19)16-25/h4-5,7-10,14H,2-3,6,11-13,15-17H2,1H3,(H,24,26). The lowest BCUT2D eigenvalue weighted by Gasteiger charge is -2.29. The fourth-order valence-corrected chi connectivity index (χ4v) is 4.78. The Hall–Kier alpha value is -2.41. The first-order valence-electron chi connectivity index (χ1n) is 10.2. The summed E-state index contributed by atoms with van der Waals surface area (Å²) in [6.45, 7) is 4.06. The van der Waals surface area contributed by atoms with Crippen LogP contribution in [0.4, 0.5) is 5.82 Å². The topological polar surface area (TPSA) is 79.4 Å². The second-order valence-electron chi connectivity index (χ2n) is 7.54. The van der Waals surface area contributed by atoms with E-state index < -0.39 is 21.5 Å². The highest BCUT2D eigenvalue weighted by Gasteiger charge is 2.18. The molecule has 6 nitrogen and oxygen atoms in total. The number of carbonyl (C=O) groups is 1. The molecule has 156 valence electrons. The van der Waals surface area contributed by atoms with Crippen molar-refractivity contribution >= 4 is 21.6 Å². The molecule has 1 N–H and O–H groups in total. The number of hydrogen-bond donors (Lipinski definition) is 1. The lowest BCUT2D eigenvalue weighted by Crippen LogP contribution is -2.31. The van der Waals surface area contributed by atoms with E-state index in [1.54, 1.807) is 6.20 Å². The molecule has 0 atom stereocenters. The van der Waals surface area contributed by atoms with E-state index in [1.807, 2.05) is 19.1 Å². The van der Waals surface area contributed by atoms with Gasteiger partial charge in [-0.15, -0.1) is 0 Å². The lowest BCUT2D eigenvalue weighted by atomic mass is 10.00. The van der Waals surface area contributed by atoms with E-state index in [0.717, 1.165) is 43.7 Å². The van der Waals surface area contributed by atoms with Gasteiger partial charge in [-0.3, -0.25) is 4.79 Å². The quantitative estimate of drug-likeness (QED) is 0.637. The number of benzene rings is 1. The van der Waals surface area contributed by atoms with Gasteiger partial charge in [-0.25, -0.2) is 13.4 Å². The molecule has 0 bridgehead atoms. The fourth-order valence-electron chi connectivity index (χ4n) is 3.50. The van der Waals surface area contributed by atoms with E-state index in [-0.39, 0.29) is 12.3 Å². The molecule has 0 aliphatic carbocycles. The van der Waals surface area contributed by atoms with Crippen molar-refractivity contribution in [2.24, 2.45) is 0 Å². The Bertz CT molecular complexity index is 927. The number of sulfone groups is 1. The minimum absolute atomic E-state index is 0.0729. The summed E-state index contributed by atoms with van der Waals surface area (Å²) in [5.74, 6) is 0.0742. The molecule has 0 fully saturated rings. The number of unbranched alkanes of at least 4 members (excludes halogenated alkanes) is 2. The third-order valence-electron chi connectivity index (χ3n) is 5.16. The van der Waals surface area contributed by atoms with Crippen molar-refractivity contribution in [3.63, 3.8) is 0 Å². The van der Waals surface area contributed by atoms with Crippen LogP contribution >= 0.6 is 0 Å². The molecule has 7 heteroatoms. The molecular formula is C22H29N3O3S. The first-order valence-corrected chi connectivity index (χ1v) is 12.0. The van der Waals surface area contributed by atoms with Crippen molar-refractivity contribution in [2.45, 2.75) is 45.7 Å². The number of anilines is 1. The molecule has 1 aromatic carbocycles. The zero-order valence-corrected chi connectivity index (χ0v) is 17.7. The summed E-state index contributed by atoms with van der Waals surface area (Å²) in [6.07, 6.45) is 5.17. The lowest BCUT2D eigenvalue weighted by molar-refractivity contribution is -0.118. The number of carbonyl (C=O) groups excluding carboxylic acids is 1. The van der Waals surface area contributed by atoms with Gasteiger partial charge in [0.05, 0.1) is 5.75 Å². The minimum Gasteiger partial charge on any atom is -0.352 e. The molecule has 0 saturated heterocycles. The maximum absolute atomic E-state index is 12.0. The molecule has 0 saturated carbocycles. The van der Waals surface area contributed by atoms with Crippen molar-refractivity contribution in [1.82, 2.24) is 10.3 Å². The number of nitrogens with one attached hydrogen (secondary N) is 1. The van der Waals surface area contributed by atoms with E-state index in [1.165, 1.54) is 11.1 Å². The maximum atomic E-state index is 12.0. The van der Waals surface area contributed by atoms with Crippen LogP contribution in [-0.2, 0) is 34.1 Å². The second-order valence-corrected chi connectivity index (χ2v) is 9.72. The Kier molecular flexibility index (Phi) is 7.25. The summed E-state index contributed by atoms with van der Waals surface area (Å²) in [5.41, 5.74) is 3.58. The Morgan fingerprint density at radius 1 is 1.14 bits per heavy atom. The average molecular weight is 416 g/mol. The minimum atomic E-state index is -3.34. The highest BCUT2D eigenvalue weighted by Crippen LogP contribution is 2.22. The van der Waals surface area contributed by atoms with E-state index in [2.05, 4.69) is 39.5 Å². The molecule has 3 rings (SSSR count). The van der Waals surface area contributed by atoms with Gasteiger partial charge >= 0.3 is 0 Å². The van der Waals surface area contributed by atoms with Crippen LogP contribution in [0.2, 0.25) is 0 Å². The summed E-state index contributed by atoms with van der Waals surface area (Å²) in [5, 5.41) is 2.69. The van der Waals surface area contributed by atoms with Gasteiger partial charge in [0.25, 0.3) is 0 Å². The van der Waals surface area contributed by atoms with Crippen LogP contribution in [0.25, 0.3) is 0 Å². The van der Waals surface area contributed by atoms with Crippen LogP contribution in [0.5, 0.6) is 0 Å². The van der Waals surface area contributed by atoms with Crippen LogP contribution < -0.4 is 10.2 Å². The SMILES string of the molecule is CCCCCS(=O)(=O)CC(=O)NCc1ccc(N2CCc3ccccc3C2)nc1. The first kappa shape index (κ1) is 21.3. The van der Waals surface area contributed by atoms with Crippen molar-refractivity contribution in [2.75, 3.05) is 23.0 Å². The number of fused-ring (bicyclic) bond motifs is 1. The van der Waals surface area contributed by atoms with Gasteiger partial charge < -0.3 is 10.2 Å². The molecule has 1 aromatic heterocycles. The maximum Gasteiger partial charge on any atom is 0.235 e. The largest absolute Gasteiger partial charge is 0.352 e. The Labute approximate surface area is 173 Å². The van der Waals surface area contributed by atoms with Crippen LogP contribution in [-0.4, -0.2) is 37.4 Å². The molecule has 29 heavy (non-hydrogen) atoms. The van der Waals surface area contributed by atoms with E-state index in [4.69, 9.17) is 0 Å². The molecular weight excluding hydrogens is 386 g/mol. The van der Waals surface area contributed by atoms with Gasteiger partial charge in [-0.05, 0) is 35.6 Å². The summed E-state index contributed by atoms with van der Waals surface area (Å²) < 4.78 is 23.9. The molecule has 1 aliphatic heterocycles. The van der Waals surface area contributed by atoms with Crippen LogP contribution in [0.15, 0.2) is 42.6 Å². The van der Waals surface area contributed by atoms with Gasteiger partial charge in [-0.1, -0.05) is 50.1 Å². The average Bonchev–Trinajstić information content (AvgIpc) is 2.72. The number of aromatic nitrogens is 1. The van der Waals surface area contributed by atoms with Crippen LogP contribution in [0.3, 0.4) is 0 Å². The third kappa shape index (κ3) is 6.29. The van der Waals surface area contributed by atoms with Crippen LogP contribution in [0.1, 0.15) is 42.9 Å². The molecule has 1 aliphatic rings. The molecule has 0 spiro atoms. The molecule has 2 heterocycles. The monoisotopic (exact) mass is 415 g/mol. The number of hydrogen-bond acceptors (Lipinski definition) is 5. The fraction of sp³-hybridized carbons (Fsp3) is 0.455. The van der Waals surface area contributed by atoms with Gasteiger partial charge in [0.15, 0.2) is 9.84 Å². The third-order valence-corrected chi connectivity index (χ3v) is 6.78. The van der Waals surface area contributed by atoms with Gasteiger partial charge in [0.2, 0.25) is 5.91 Å². The number of amides is 1. The zero-order valence-electron chi connectivity index (χ0n) is 16.9. The van der Waals surface area contributed by atoms with Crippen LogP contribution in [0, 0.1) is 0 Å². The molecule has 2 aromatic rings. The van der Waals surface area contributed by atoms with E-state index in [0.29, 0.717) is 6.42 Å². The normalized spacial score (nSPS) is 13.8. The Balaban J connectivity index is 1.49. The summed E-state index contributed by atoms with van der Waals surface area (Å²) in [6, 6.07) is 12.4. The Morgan fingerprint density at radius 3 is 2.66 bits per heavy atom. The smallest absolute Gasteiger partial charge is 0.235 e. The number of rotatable bonds is 9. The van der Waals surface area contributed by atoms with Gasteiger partial charge in [0, 0.05) is 25.8 Å². The van der Waals surface area contributed by atoms with Gasteiger partial charge in [0.1, 0.15) is 11.6 Å². The van der Waals surface area contributed by atoms with Gasteiger partial charge in [-0.2, -0.15) is 0 Å². The van der Waals surface area contributed by atoms with Crippen molar-refractivity contribution < 1.29 is 13.2 Å². The Morgan fingerprint density at radius 2 is 1.93 bits per heavy atom. The summed E-state index contributed by atoms with van der Waals surface area (Å²) in [7, 11) is -3.34. The van der Waals surface area contributed by atoms with E-state index >= 15 is 0 Å². The van der Waals surface area contributed by atoms with Crippen molar-refractivity contribution in [3.8, 4) is 0 Å². The second kappa shape index (κ2) is 9.87. The predicted octanol–water partition coefficient (Wildman–Crippen LogP) is 2.87. The molecule has 0 radical (unpaired) electrons.